The molecule has 1 unspecified atom stereocenters. The molecule has 1 atom stereocenters. The Morgan fingerprint density at radius 1 is 1.39 bits per heavy atom. The first-order chi connectivity index (χ1) is 11.0. The van der Waals surface area contributed by atoms with Gasteiger partial charge in [-0.2, -0.15) is 11.8 Å². The van der Waals surface area contributed by atoms with E-state index in [9.17, 15) is 9.59 Å². The first kappa shape index (κ1) is 18.2. The summed E-state index contributed by atoms with van der Waals surface area (Å²) in [6.45, 7) is 1.99. The lowest BCUT2D eigenvalue weighted by Gasteiger charge is -2.27. The highest BCUT2D eigenvalue weighted by Gasteiger charge is 2.34. The normalized spacial score (nSPS) is 17.9. The van der Waals surface area contributed by atoms with E-state index in [-0.39, 0.29) is 12.3 Å². The lowest BCUT2D eigenvalue weighted by Crippen LogP contribution is -2.34. The molecule has 1 aromatic rings. The van der Waals surface area contributed by atoms with Crippen LogP contribution in [0.3, 0.4) is 0 Å². The van der Waals surface area contributed by atoms with Crippen LogP contribution in [0.15, 0.2) is 29.5 Å². The second kappa shape index (κ2) is 8.08. The summed E-state index contributed by atoms with van der Waals surface area (Å²) in [5.41, 5.74) is 1.47. The van der Waals surface area contributed by atoms with Crippen molar-refractivity contribution < 1.29 is 14.3 Å². The zero-order valence-electron chi connectivity index (χ0n) is 12.8. The number of halogens is 2. The summed E-state index contributed by atoms with van der Waals surface area (Å²) in [6.07, 6.45) is 2.04. The molecule has 1 heterocycles. The Labute approximate surface area is 149 Å². The molecule has 0 spiro atoms. The van der Waals surface area contributed by atoms with E-state index < -0.39 is 11.9 Å². The Balaban J connectivity index is 2.40. The average molecular weight is 374 g/mol. The van der Waals surface area contributed by atoms with Crippen LogP contribution in [0.5, 0.6) is 0 Å². The molecular formula is C16H17Cl2NO3S. The lowest BCUT2D eigenvalue weighted by molar-refractivity contribution is -0.139. The molecule has 0 fully saturated rings. The maximum atomic E-state index is 12.5. The van der Waals surface area contributed by atoms with Gasteiger partial charge < -0.3 is 10.1 Å². The Morgan fingerprint density at radius 3 is 2.65 bits per heavy atom. The lowest BCUT2D eigenvalue weighted by atomic mass is 9.84. The van der Waals surface area contributed by atoms with E-state index in [1.54, 1.807) is 36.9 Å². The third-order valence-electron chi connectivity index (χ3n) is 3.56. The molecule has 2 rings (SSSR count). The van der Waals surface area contributed by atoms with Gasteiger partial charge in [-0.05, 0) is 30.9 Å². The molecule has 1 aliphatic heterocycles. The highest BCUT2D eigenvalue weighted by Crippen LogP contribution is 2.40. The van der Waals surface area contributed by atoms with E-state index >= 15 is 0 Å². The number of rotatable bonds is 5. The van der Waals surface area contributed by atoms with Gasteiger partial charge >= 0.3 is 5.97 Å². The summed E-state index contributed by atoms with van der Waals surface area (Å²) >= 11 is 14.1. The van der Waals surface area contributed by atoms with Gasteiger partial charge in [-0.25, -0.2) is 4.79 Å². The first-order valence-electron chi connectivity index (χ1n) is 7.06. The summed E-state index contributed by atoms with van der Waals surface area (Å²) in [7, 11) is 0. The second-order valence-electron chi connectivity index (χ2n) is 5.11. The maximum absolute atomic E-state index is 12.5. The third-order valence-corrected chi connectivity index (χ3v) is 4.79. The van der Waals surface area contributed by atoms with Crippen LogP contribution in [-0.4, -0.2) is 30.5 Å². The monoisotopic (exact) mass is 373 g/mol. The van der Waals surface area contributed by atoms with Crippen LogP contribution in [0, 0.1) is 0 Å². The van der Waals surface area contributed by atoms with E-state index in [0.717, 1.165) is 0 Å². The van der Waals surface area contributed by atoms with Crippen molar-refractivity contribution in [3.05, 3.63) is 45.1 Å². The van der Waals surface area contributed by atoms with Crippen LogP contribution in [-0.2, 0) is 14.3 Å². The van der Waals surface area contributed by atoms with Gasteiger partial charge in [0.2, 0.25) is 5.91 Å². The van der Waals surface area contributed by atoms with Crippen LogP contribution < -0.4 is 5.32 Å². The molecule has 7 heteroatoms. The number of esters is 1. The van der Waals surface area contributed by atoms with Crippen LogP contribution in [0.2, 0.25) is 10.0 Å². The Kier molecular flexibility index (Phi) is 6.39. The topological polar surface area (TPSA) is 55.4 Å². The molecule has 1 aromatic carbocycles. The number of carbonyl (C=O) groups is 2. The van der Waals surface area contributed by atoms with Crippen LogP contribution >= 0.6 is 35.0 Å². The molecule has 4 nitrogen and oxygen atoms in total. The number of benzene rings is 1. The van der Waals surface area contributed by atoms with E-state index in [2.05, 4.69) is 5.32 Å². The van der Waals surface area contributed by atoms with Crippen LogP contribution in [0.1, 0.15) is 24.8 Å². The number of hydrogen-bond acceptors (Lipinski definition) is 4. The number of allylic oxidation sites excluding steroid dienone is 1. The summed E-state index contributed by atoms with van der Waals surface area (Å²) < 4.78 is 5.30. The van der Waals surface area contributed by atoms with Crippen molar-refractivity contribution in [2.24, 2.45) is 0 Å². The van der Waals surface area contributed by atoms with Crippen molar-refractivity contribution in [3.63, 3.8) is 0 Å². The Bertz CT molecular complexity index is 640. The Morgan fingerprint density at radius 2 is 2.04 bits per heavy atom. The fourth-order valence-corrected chi connectivity index (χ4v) is 3.47. The van der Waals surface area contributed by atoms with Gasteiger partial charge in [0.25, 0.3) is 0 Å². The van der Waals surface area contributed by atoms with Gasteiger partial charge in [-0.3, -0.25) is 4.79 Å². The van der Waals surface area contributed by atoms with Crippen molar-refractivity contribution in [2.75, 3.05) is 18.6 Å². The number of carbonyl (C=O) groups excluding carboxylic acids is 2. The Hall–Kier alpha value is -1.17. The minimum atomic E-state index is -0.508. The summed E-state index contributed by atoms with van der Waals surface area (Å²) in [6, 6.07) is 5.12. The molecule has 23 heavy (non-hydrogen) atoms. The van der Waals surface area contributed by atoms with Gasteiger partial charge in [0, 0.05) is 33.8 Å². The molecule has 1 aliphatic rings. The van der Waals surface area contributed by atoms with E-state index in [1.165, 1.54) is 0 Å². The first-order valence-corrected chi connectivity index (χ1v) is 9.21. The summed E-state index contributed by atoms with van der Waals surface area (Å²) in [5, 5.41) is 3.55. The van der Waals surface area contributed by atoms with E-state index in [4.69, 9.17) is 27.9 Å². The molecular weight excluding hydrogens is 357 g/mol. The summed E-state index contributed by atoms with van der Waals surface area (Å²) in [4.78, 5) is 24.4. The van der Waals surface area contributed by atoms with Gasteiger partial charge in [-0.15, -0.1) is 0 Å². The zero-order valence-corrected chi connectivity index (χ0v) is 15.1. The molecule has 0 bridgehead atoms. The minimum Gasteiger partial charge on any atom is -0.461 e. The molecule has 0 aliphatic carbocycles. The van der Waals surface area contributed by atoms with Crippen LogP contribution in [0.4, 0.5) is 0 Å². The van der Waals surface area contributed by atoms with Gasteiger partial charge in [0.05, 0.1) is 5.57 Å². The van der Waals surface area contributed by atoms with Gasteiger partial charge in [-0.1, -0.05) is 29.3 Å². The molecule has 124 valence electrons. The predicted octanol–water partition coefficient (Wildman–Crippen LogP) is 3.78. The highest BCUT2D eigenvalue weighted by molar-refractivity contribution is 7.98. The van der Waals surface area contributed by atoms with Crippen molar-refractivity contribution in [1.29, 1.82) is 0 Å². The smallest absolute Gasteiger partial charge is 0.336 e. The predicted molar refractivity (Wildman–Crippen MR) is 94.0 cm³/mol. The second-order valence-corrected chi connectivity index (χ2v) is 6.91. The van der Waals surface area contributed by atoms with Crippen LogP contribution in [0.25, 0.3) is 0 Å². The number of amides is 1. The molecule has 0 radical (unpaired) electrons. The summed E-state index contributed by atoms with van der Waals surface area (Å²) in [5.74, 6) is -0.421. The minimum absolute atomic E-state index is 0.105. The molecule has 1 amide bonds. The number of ether oxygens (including phenoxy) is 1. The van der Waals surface area contributed by atoms with E-state index in [1.807, 2.05) is 6.26 Å². The molecule has 0 saturated heterocycles. The number of thioether (sulfide) groups is 1. The van der Waals surface area contributed by atoms with Gasteiger partial charge in [0.1, 0.15) is 6.61 Å². The molecule has 1 N–H and O–H groups in total. The van der Waals surface area contributed by atoms with Crippen molar-refractivity contribution in [1.82, 2.24) is 5.32 Å². The third kappa shape index (κ3) is 4.22. The standard InChI is InChI=1S/C16H17Cl2NO3S/c1-9-14(16(21)22-6-7-23-2)10(8-13(20)19-9)15-11(17)4-3-5-12(15)18/h3-5,10H,6-8H2,1-2H3,(H,19,20). The number of nitrogens with one attached hydrogen (secondary N) is 1. The number of hydrogen-bond donors (Lipinski definition) is 1. The van der Waals surface area contributed by atoms with Crippen molar-refractivity contribution in [2.45, 2.75) is 19.3 Å². The van der Waals surface area contributed by atoms with E-state index in [0.29, 0.717) is 39.2 Å². The van der Waals surface area contributed by atoms with Gasteiger partial charge in [0.15, 0.2) is 0 Å². The molecule has 0 saturated carbocycles. The fourth-order valence-electron chi connectivity index (χ4n) is 2.56. The van der Waals surface area contributed by atoms with Crippen molar-refractivity contribution >= 4 is 46.8 Å². The van der Waals surface area contributed by atoms with Crippen molar-refractivity contribution in [3.8, 4) is 0 Å². The quantitative estimate of drug-likeness (QED) is 0.630. The average Bonchev–Trinajstić information content (AvgIpc) is 2.46. The zero-order chi connectivity index (χ0) is 17.0. The largest absolute Gasteiger partial charge is 0.461 e. The fraction of sp³-hybridized carbons (Fsp3) is 0.375. The molecule has 0 aromatic heterocycles. The highest BCUT2D eigenvalue weighted by atomic mass is 35.5. The SMILES string of the molecule is CSCCOC(=O)C1=C(C)NC(=O)CC1c1c(Cl)cccc1Cl. The maximum Gasteiger partial charge on any atom is 0.336 e.